The van der Waals surface area contributed by atoms with Gasteiger partial charge in [0.1, 0.15) is 5.82 Å². The lowest BCUT2D eigenvalue weighted by atomic mass is 10.2. The summed E-state index contributed by atoms with van der Waals surface area (Å²) in [6.45, 7) is 1.90. The van der Waals surface area contributed by atoms with E-state index in [1.54, 1.807) is 10.7 Å². The second kappa shape index (κ2) is 4.71. The molecule has 1 heterocycles. The molecule has 2 aromatic rings. The van der Waals surface area contributed by atoms with Gasteiger partial charge in [0.05, 0.1) is 10.7 Å². The van der Waals surface area contributed by atoms with E-state index in [9.17, 15) is 9.18 Å². The van der Waals surface area contributed by atoms with Crippen LogP contribution < -0.4 is 0 Å². The molecule has 0 aliphatic carbocycles. The summed E-state index contributed by atoms with van der Waals surface area (Å²) in [5, 5.41) is 5.13. The molecule has 2 rings (SSSR count). The molecule has 0 saturated carbocycles. The number of hydrogen-bond donors (Lipinski definition) is 0. The number of hydrogen-bond acceptors (Lipinski definition) is 3. The average Bonchev–Trinajstić information content (AvgIpc) is 2.60. The van der Waals surface area contributed by atoms with Gasteiger partial charge in [-0.15, -0.1) is 0 Å². The lowest BCUT2D eigenvalue weighted by Gasteiger charge is -2.04. The van der Waals surface area contributed by atoms with Gasteiger partial charge in [-0.1, -0.05) is 11.8 Å². The molecule has 0 radical (unpaired) electrons. The summed E-state index contributed by atoms with van der Waals surface area (Å²) in [7, 11) is 1.83. The predicted octanol–water partition coefficient (Wildman–Crippen LogP) is 2.83. The lowest BCUT2D eigenvalue weighted by Crippen LogP contribution is -1.93. The van der Waals surface area contributed by atoms with Crippen molar-refractivity contribution in [1.29, 1.82) is 0 Å². The Bertz CT molecular complexity index is 566. The van der Waals surface area contributed by atoms with Crippen molar-refractivity contribution in [3.05, 3.63) is 41.3 Å². The van der Waals surface area contributed by atoms with Gasteiger partial charge in [-0.3, -0.25) is 9.48 Å². The maximum absolute atomic E-state index is 13.0. The zero-order valence-corrected chi connectivity index (χ0v) is 10.3. The third kappa shape index (κ3) is 2.55. The molecule has 0 aliphatic heterocycles. The summed E-state index contributed by atoms with van der Waals surface area (Å²) in [5.41, 5.74) is 1.26. The zero-order chi connectivity index (χ0) is 12.4. The molecule has 0 unspecified atom stereocenters. The highest BCUT2D eigenvalue weighted by molar-refractivity contribution is 7.99. The van der Waals surface area contributed by atoms with Gasteiger partial charge in [0.2, 0.25) is 0 Å². The molecule has 0 saturated heterocycles. The van der Waals surface area contributed by atoms with Crippen LogP contribution in [0.15, 0.2) is 34.2 Å². The van der Waals surface area contributed by atoms with Crippen LogP contribution in [0.2, 0.25) is 0 Å². The number of aromatic nitrogens is 2. The van der Waals surface area contributed by atoms with Crippen molar-refractivity contribution in [2.24, 2.45) is 7.05 Å². The Kier molecular flexibility index (Phi) is 3.28. The van der Waals surface area contributed by atoms with Crippen molar-refractivity contribution in [3.63, 3.8) is 0 Å². The maximum atomic E-state index is 13.0. The van der Waals surface area contributed by atoms with E-state index in [2.05, 4.69) is 5.10 Å². The lowest BCUT2D eigenvalue weighted by molar-refractivity contribution is 0.112. The number of nitrogens with zero attached hydrogens (tertiary/aromatic N) is 2. The van der Waals surface area contributed by atoms with Crippen LogP contribution in [0, 0.1) is 12.7 Å². The number of aldehydes is 1. The van der Waals surface area contributed by atoms with E-state index in [1.165, 1.54) is 23.9 Å². The van der Waals surface area contributed by atoms with Crippen molar-refractivity contribution < 1.29 is 9.18 Å². The van der Waals surface area contributed by atoms with Gasteiger partial charge in [0.25, 0.3) is 0 Å². The van der Waals surface area contributed by atoms with Gasteiger partial charge in [-0.05, 0) is 31.2 Å². The number of aryl methyl sites for hydroxylation is 2. The van der Waals surface area contributed by atoms with E-state index in [-0.39, 0.29) is 0 Å². The summed E-state index contributed by atoms with van der Waals surface area (Å²) in [5.74, 6) is -0.405. The minimum Gasteiger partial charge on any atom is -0.298 e. The van der Waals surface area contributed by atoms with E-state index in [0.717, 1.165) is 15.6 Å². The molecular weight excluding hydrogens is 239 g/mol. The van der Waals surface area contributed by atoms with E-state index < -0.39 is 5.82 Å². The molecule has 3 nitrogen and oxygen atoms in total. The topological polar surface area (TPSA) is 34.9 Å². The summed E-state index contributed by atoms with van der Waals surface area (Å²) >= 11 is 1.40. The fourth-order valence-corrected chi connectivity index (χ4v) is 2.49. The highest BCUT2D eigenvalue weighted by Crippen LogP contribution is 2.30. The fourth-order valence-electron chi connectivity index (χ4n) is 1.50. The first-order valence-electron chi connectivity index (χ1n) is 5.03. The van der Waals surface area contributed by atoms with E-state index >= 15 is 0 Å². The molecule has 0 amide bonds. The monoisotopic (exact) mass is 250 g/mol. The van der Waals surface area contributed by atoms with E-state index in [4.69, 9.17) is 0 Å². The largest absolute Gasteiger partial charge is 0.298 e. The molecule has 0 atom stereocenters. The number of benzene rings is 1. The molecule has 1 aromatic carbocycles. The van der Waals surface area contributed by atoms with E-state index in [0.29, 0.717) is 11.8 Å². The van der Waals surface area contributed by atoms with Crippen LogP contribution in [0.5, 0.6) is 0 Å². The second-order valence-corrected chi connectivity index (χ2v) is 4.71. The Balaban J connectivity index is 2.36. The van der Waals surface area contributed by atoms with Crippen LogP contribution in [0.1, 0.15) is 16.1 Å². The Labute approximate surface area is 103 Å². The van der Waals surface area contributed by atoms with Crippen molar-refractivity contribution in [2.75, 3.05) is 0 Å². The fraction of sp³-hybridized carbons (Fsp3) is 0.167. The van der Waals surface area contributed by atoms with Gasteiger partial charge in [0, 0.05) is 17.5 Å². The molecule has 17 heavy (non-hydrogen) atoms. The molecule has 0 bridgehead atoms. The second-order valence-electron chi connectivity index (χ2n) is 3.65. The quantitative estimate of drug-likeness (QED) is 0.786. The smallest absolute Gasteiger partial charge is 0.151 e. The predicted molar refractivity (Wildman–Crippen MR) is 63.9 cm³/mol. The van der Waals surface area contributed by atoms with Crippen molar-refractivity contribution >= 4 is 18.0 Å². The summed E-state index contributed by atoms with van der Waals surface area (Å²) in [6.07, 6.45) is 0.661. The molecule has 0 N–H and O–H groups in total. The SMILES string of the molecule is Cc1cc(Sc2ccc(F)cc2C=O)n(C)n1. The van der Waals surface area contributed by atoms with Gasteiger partial charge >= 0.3 is 0 Å². The Morgan fingerprint density at radius 3 is 2.76 bits per heavy atom. The van der Waals surface area contributed by atoms with Gasteiger partial charge in [-0.2, -0.15) is 5.10 Å². The maximum Gasteiger partial charge on any atom is 0.151 e. The number of rotatable bonds is 3. The first kappa shape index (κ1) is 11.9. The Morgan fingerprint density at radius 2 is 2.18 bits per heavy atom. The van der Waals surface area contributed by atoms with Gasteiger partial charge in [-0.25, -0.2) is 4.39 Å². The standard InChI is InChI=1S/C12H11FN2OS/c1-8-5-12(15(2)14-8)17-11-4-3-10(13)6-9(11)7-16/h3-7H,1-2H3. The van der Waals surface area contributed by atoms with Crippen LogP contribution >= 0.6 is 11.8 Å². The highest BCUT2D eigenvalue weighted by atomic mass is 32.2. The minimum absolute atomic E-state index is 0.355. The van der Waals surface area contributed by atoms with Gasteiger partial charge in [0.15, 0.2) is 6.29 Å². The van der Waals surface area contributed by atoms with Crippen LogP contribution in [0.25, 0.3) is 0 Å². The van der Waals surface area contributed by atoms with E-state index in [1.807, 2.05) is 20.0 Å². The third-order valence-electron chi connectivity index (χ3n) is 2.27. The first-order valence-corrected chi connectivity index (χ1v) is 5.85. The number of carbonyl (C=O) groups is 1. The zero-order valence-electron chi connectivity index (χ0n) is 9.48. The molecule has 0 fully saturated rings. The van der Waals surface area contributed by atoms with Crippen LogP contribution in [-0.2, 0) is 7.05 Å². The number of carbonyl (C=O) groups excluding carboxylic acids is 1. The first-order chi connectivity index (χ1) is 8.10. The highest BCUT2D eigenvalue weighted by Gasteiger charge is 2.08. The van der Waals surface area contributed by atoms with Crippen LogP contribution in [0.3, 0.4) is 0 Å². The molecule has 88 valence electrons. The normalized spacial score (nSPS) is 10.5. The average molecular weight is 250 g/mol. The van der Waals surface area contributed by atoms with Crippen molar-refractivity contribution in [3.8, 4) is 0 Å². The molecule has 5 heteroatoms. The Morgan fingerprint density at radius 1 is 1.41 bits per heavy atom. The van der Waals surface area contributed by atoms with Crippen molar-refractivity contribution in [2.45, 2.75) is 16.8 Å². The molecular formula is C12H11FN2OS. The van der Waals surface area contributed by atoms with Gasteiger partial charge < -0.3 is 0 Å². The molecule has 0 aliphatic rings. The summed E-state index contributed by atoms with van der Waals surface area (Å²) < 4.78 is 14.7. The van der Waals surface area contributed by atoms with Crippen LogP contribution in [-0.4, -0.2) is 16.1 Å². The summed E-state index contributed by atoms with van der Waals surface area (Å²) in [4.78, 5) is 11.6. The number of halogens is 1. The van der Waals surface area contributed by atoms with Crippen molar-refractivity contribution in [1.82, 2.24) is 9.78 Å². The molecule has 0 spiro atoms. The van der Waals surface area contributed by atoms with Crippen LogP contribution in [0.4, 0.5) is 4.39 Å². The minimum atomic E-state index is -0.405. The summed E-state index contributed by atoms with van der Waals surface area (Å²) in [6, 6.07) is 6.10. The third-order valence-corrected chi connectivity index (χ3v) is 3.46. The Hall–Kier alpha value is -1.62. The molecule has 1 aromatic heterocycles.